The van der Waals surface area contributed by atoms with Gasteiger partial charge in [-0.25, -0.2) is 0 Å². The smallest absolute Gasteiger partial charge is 0.262 e. The Balaban J connectivity index is 2.32. The molecule has 1 heterocycles. The van der Waals surface area contributed by atoms with Gasteiger partial charge >= 0.3 is 0 Å². The zero-order valence-corrected chi connectivity index (χ0v) is 10.4. The van der Waals surface area contributed by atoms with Crippen molar-refractivity contribution in [2.75, 3.05) is 19.0 Å². The fourth-order valence-electron chi connectivity index (χ4n) is 2.18. The molecule has 17 heavy (non-hydrogen) atoms. The number of rotatable bonds is 3. The number of hydrogen-bond acceptors (Lipinski definition) is 3. The number of benzene rings is 1. The lowest BCUT2D eigenvalue weighted by Crippen LogP contribution is -2.26. The van der Waals surface area contributed by atoms with Gasteiger partial charge in [-0.15, -0.1) is 0 Å². The zero-order chi connectivity index (χ0) is 12.4. The summed E-state index contributed by atoms with van der Waals surface area (Å²) < 4.78 is 5.33. The van der Waals surface area contributed by atoms with E-state index in [2.05, 4.69) is 24.5 Å². The van der Waals surface area contributed by atoms with Crippen LogP contribution >= 0.6 is 0 Å². The van der Waals surface area contributed by atoms with E-state index in [-0.39, 0.29) is 18.6 Å². The molecule has 2 rings (SSSR count). The van der Waals surface area contributed by atoms with Gasteiger partial charge in [-0.3, -0.25) is 4.79 Å². The van der Waals surface area contributed by atoms with Gasteiger partial charge in [0.15, 0.2) is 6.61 Å². The van der Waals surface area contributed by atoms with Gasteiger partial charge in [0, 0.05) is 6.04 Å². The summed E-state index contributed by atoms with van der Waals surface area (Å²) in [5.41, 5.74) is 1.92. The van der Waals surface area contributed by atoms with Crippen molar-refractivity contribution in [2.24, 2.45) is 5.92 Å². The molecule has 4 nitrogen and oxygen atoms in total. The van der Waals surface area contributed by atoms with E-state index in [9.17, 15) is 4.79 Å². The van der Waals surface area contributed by atoms with Crippen LogP contribution < -0.4 is 15.4 Å². The minimum Gasteiger partial charge on any atom is -0.482 e. The summed E-state index contributed by atoms with van der Waals surface area (Å²) in [5, 5.41) is 6.11. The Bertz CT molecular complexity index is 429. The number of carbonyl (C=O) groups excluding carboxylic acids is 1. The molecule has 92 valence electrons. The minimum absolute atomic E-state index is 0.0970. The standard InChI is InChI=1S/C13H18N2O2/c1-8(2)13(14-3)9-4-5-11-10(6-9)15-12(16)7-17-11/h4-6,8,13-14H,7H2,1-3H3,(H,15,16). The van der Waals surface area contributed by atoms with Gasteiger partial charge in [0.1, 0.15) is 5.75 Å². The molecule has 2 N–H and O–H groups in total. The molecule has 0 saturated heterocycles. The van der Waals surface area contributed by atoms with Crippen molar-refractivity contribution in [3.63, 3.8) is 0 Å². The molecule has 1 atom stereocenters. The first-order valence-electron chi connectivity index (χ1n) is 5.85. The zero-order valence-electron chi connectivity index (χ0n) is 10.4. The lowest BCUT2D eigenvalue weighted by Gasteiger charge is -2.24. The Morgan fingerprint density at radius 1 is 1.41 bits per heavy atom. The van der Waals surface area contributed by atoms with Crippen molar-refractivity contribution in [1.82, 2.24) is 5.32 Å². The highest BCUT2D eigenvalue weighted by molar-refractivity contribution is 5.95. The first-order valence-corrected chi connectivity index (χ1v) is 5.85. The third-order valence-corrected chi connectivity index (χ3v) is 2.97. The molecular weight excluding hydrogens is 216 g/mol. The van der Waals surface area contributed by atoms with E-state index in [0.717, 1.165) is 17.0 Å². The Labute approximate surface area is 101 Å². The van der Waals surface area contributed by atoms with E-state index >= 15 is 0 Å². The summed E-state index contributed by atoms with van der Waals surface area (Å²) in [4.78, 5) is 11.3. The molecular formula is C13H18N2O2. The summed E-state index contributed by atoms with van der Waals surface area (Å²) in [6.45, 7) is 4.43. The Morgan fingerprint density at radius 3 is 2.82 bits per heavy atom. The van der Waals surface area contributed by atoms with Crippen LogP contribution in [0.15, 0.2) is 18.2 Å². The highest BCUT2D eigenvalue weighted by Gasteiger charge is 2.19. The third-order valence-electron chi connectivity index (χ3n) is 2.97. The summed E-state index contributed by atoms with van der Waals surface area (Å²) >= 11 is 0. The molecule has 0 aliphatic carbocycles. The Kier molecular flexibility index (Phi) is 3.33. The number of hydrogen-bond donors (Lipinski definition) is 2. The maximum atomic E-state index is 11.3. The summed E-state index contributed by atoms with van der Waals surface area (Å²) in [6, 6.07) is 6.21. The van der Waals surface area contributed by atoms with E-state index in [1.165, 1.54) is 0 Å². The highest BCUT2D eigenvalue weighted by Crippen LogP contribution is 2.32. The van der Waals surface area contributed by atoms with Crippen LogP contribution in [0.3, 0.4) is 0 Å². The van der Waals surface area contributed by atoms with Gasteiger partial charge in [0.25, 0.3) is 5.91 Å². The third kappa shape index (κ3) is 2.42. The lowest BCUT2D eigenvalue weighted by atomic mass is 9.95. The first kappa shape index (κ1) is 11.9. The van der Waals surface area contributed by atoms with Crippen molar-refractivity contribution in [2.45, 2.75) is 19.9 Å². The van der Waals surface area contributed by atoms with E-state index in [4.69, 9.17) is 4.74 Å². The summed E-state index contributed by atoms with van der Waals surface area (Å²) in [7, 11) is 1.94. The van der Waals surface area contributed by atoms with Crippen molar-refractivity contribution in [1.29, 1.82) is 0 Å². The second-order valence-electron chi connectivity index (χ2n) is 4.60. The van der Waals surface area contributed by atoms with Crippen molar-refractivity contribution in [3.05, 3.63) is 23.8 Å². The van der Waals surface area contributed by atoms with E-state index in [1.54, 1.807) is 0 Å². The Hall–Kier alpha value is -1.55. The first-order chi connectivity index (χ1) is 8.11. The summed E-state index contributed by atoms with van der Waals surface area (Å²) in [6.07, 6.45) is 0. The molecule has 1 aromatic carbocycles. The number of amides is 1. The quantitative estimate of drug-likeness (QED) is 0.840. The van der Waals surface area contributed by atoms with Crippen LogP contribution in [0.25, 0.3) is 0 Å². The van der Waals surface area contributed by atoms with Gasteiger partial charge < -0.3 is 15.4 Å². The lowest BCUT2D eigenvalue weighted by molar-refractivity contribution is -0.118. The number of fused-ring (bicyclic) bond motifs is 1. The maximum absolute atomic E-state index is 11.3. The molecule has 0 fully saturated rings. The second-order valence-corrected chi connectivity index (χ2v) is 4.60. The van der Waals surface area contributed by atoms with Gasteiger partial charge in [-0.1, -0.05) is 19.9 Å². The van der Waals surface area contributed by atoms with E-state index in [0.29, 0.717) is 5.92 Å². The number of nitrogens with one attached hydrogen (secondary N) is 2. The van der Waals surface area contributed by atoms with Gasteiger partial charge in [0.05, 0.1) is 5.69 Å². The van der Waals surface area contributed by atoms with Crippen LogP contribution in [0.4, 0.5) is 5.69 Å². The molecule has 4 heteroatoms. The average Bonchev–Trinajstić information content (AvgIpc) is 2.29. The molecule has 1 aromatic rings. The molecule has 1 unspecified atom stereocenters. The average molecular weight is 234 g/mol. The Morgan fingerprint density at radius 2 is 2.18 bits per heavy atom. The van der Waals surface area contributed by atoms with Gasteiger partial charge in [0.2, 0.25) is 0 Å². The predicted octanol–water partition coefficient (Wildman–Crippen LogP) is 1.93. The molecule has 1 amide bonds. The van der Waals surface area contributed by atoms with Crippen LogP contribution in [0.1, 0.15) is 25.5 Å². The van der Waals surface area contributed by atoms with E-state index in [1.807, 2.05) is 25.2 Å². The molecule has 0 aromatic heterocycles. The van der Waals surface area contributed by atoms with Gasteiger partial charge in [-0.2, -0.15) is 0 Å². The normalized spacial score (nSPS) is 16.1. The molecule has 0 bridgehead atoms. The number of ether oxygens (including phenoxy) is 1. The van der Waals surface area contributed by atoms with Crippen LogP contribution in [0.2, 0.25) is 0 Å². The van der Waals surface area contributed by atoms with Crippen LogP contribution in [-0.2, 0) is 4.79 Å². The topological polar surface area (TPSA) is 50.4 Å². The summed E-state index contributed by atoms with van der Waals surface area (Å²) in [5.74, 6) is 1.13. The van der Waals surface area contributed by atoms with Crippen LogP contribution in [-0.4, -0.2) is 19.6 Å². The number of anilines is 1. The minimum atomic E-state index is -0.0970. The molecule has 0 radical (unpaired) electrons. The molecule has 0 spiro atoms. The molecule has 1 aliphatic rings. The maximum Gasteiger partial charge on any atom is 0.262 e. The van der Waals surface area contributed by atoms with Crippen molar-refractivity contribution >= 4 is 11.6 Å². The molecule has 1 aliphatic heterocycles. The second kappa shape index (κ2) is 4.75. The predicted molar refractivity (Wildman–Crippen MR) is 67.2 cm³/mol. The largest absolute Gasteiger partial charge is 0.482 e. The van der Waals surface area contributed by atoms with Crippen LogP contribution in [0.5, 0.6) is 5.75 Å². The van der Waals surface area contributed by atoms with E-state index < -0.39 is 0 Å². The van der Waals surface area contributed by atoms with Crippen molar-refractivity contribution < 1.29 is 9.53 Å². The van der Waals surface area contributed by atoms with Crippen LogP contribution in [0, 0.1) is 5.92 Å². The fourth-order valence-corrected chi connectivity index (χ4v) is 2.18. The fraction of sp³-hybridized carbons (Fsp3) is 0.462. The van der Waals surface area contributed by atoms with Gasteiger partial charge in [-0.05, 0) is 30.7 Å². The van der Waals surface area contributed by atoms with Crippen molar-refractivity contribution in [3.8, 4) is 5.75 Å². The SMILES string of the molecule is CNC(c1ccc2c(c1)NC(=O)CO2)C(C)C. The monoisotopic (exact) mass is 234 g/mol. The molecule has 0 saturated carbocycles. The highest BCUT2D eigenvalue weighted by atomic mass is 16.5. The number of carbonyl (C=O) groups is 1.